The van der Waals surface area contributed by atoms with E-state index in [-0.39, 0.29) is 11.5 Å². The Hall–Kier alpha value is -0.830. The molecule has 0 heterocycles. The van der Waals surface area contributed by atoms with Crippen molar-refractivity contribution in [3.05, 3.63) is 11.6 Å². The van der Waals surface area contributed by atoms with Crippen LogP contribution in [0, 0.1) is 0 Å². The summed E-state index contributed by atoms with van der Waals surface area (Å²) in [5, 5.41) is 0. The van der Waals surface area contributed by atoms with E-state index in [1.54, 1.807) is 13.0 Å². The van der Waals surface area contributed by atoms with Gasteiger partial charge >= 0.3 is 0 Å². The number of nitrogens with one attached hydrogen (secondary N) is 1. The average Bonchev–Trinajstić information content (AvgIpc) is 1.97. The molecule has 0 aliphatic carbocycles. The van der Waals surface area contributed by atoms with Crippen LogP contribution in [-0.4, -0.2) is 11.5 Å². The molecule has 0 bridgehead atoms. The van der Waals surface area contributed by atoms with Gasteiger partial charge in [-0.1, -0.05) is 6.08 Å². The molecule has 3 nitrogen and oxygen atoms in total. The maximum absolute atomic E-state index is 11.1. The lowest BCUT2D eigenvalue weighted by molar-refractivity contribution is -0.141. The van der Waals surface area contributed by atoms with Gasteiger partial charge < -0.3 is 0 Å². The molecule has 0 aromatic heterocycles. The van der Waals surface area contributed by atoms with Gasteiger partial charge in [-0.15, -0.1) is 0 Å². The Morgan fingerprint density at radius 3 is 2.25 bits per heavy atom. The quantitative estimate of drug-likeness (QED) is 0.508. The van der Waals surface area contributed by atoms with Crippen LogP contribution in [0.25, 0.3) is 0 Å². The minimum Gasteiger partial charge on any atom is -0.268 e. The third-order valence-electron chi connectivity index (χ3n) is 1.24. The molecule has 0 aliphatic heterocycles. The molecule has 0 saturated carbocycles. The van der Waals surface area contributed by atoms with E-state index < -0.39 is 0 Å². The van der Waals surface area contributed by atoms with Crippen LogP contribution in [0.1, 0.15) is 34.6 Å². The van der Waals surface area contributed by atoms with Crippen molar-refractivity contribution >= 4 is 5.91 Å². The van der Waals surface area contributed by atoms with Crippen molar-refractivity contribution in [1.82, 2.24) is 5.48 Å². The number of hydrogen-bond acceptors (Lipinski definition) is 2. The summed E-state index contributed by atoms with van der Waals surface area (Å²) in [5.74, 6) is -0.188. The second-order valence-corrected chi connectivity index (χ2v) is 3.62. The highest BCUT2D eigenvalue weighted by atomic mass is 16.7. The zero-order valence-electron chi connectivity index (χ0n) is 8.39. The van der Waals surface area contributed by atoms with Gasteiger partial charge in [0.1, 0.15) is 0 Å². The predicted octanol–water partition coefficient (Wildman–Crippen LogP) is 1.80. The topological polar surface area (TPSA) is 38.3 Å². The fourth-order valence-corrected chi connectivity index (χ4v) is 0.411. The summed E-state index contributed by atoms with van der Waals surface area (Å²) < 4.78 is 0. The Labute approximate surface area is 73.7 Å². The van der Waals surface area contributed by atoms with E-state index in [9.17, 15) is 4.79 Å². The second-order valence-electron chi connectivity index (χ2n) is 3.62. The van der Waals surface area contributed by atoms with Crippen molar-refractivity contribution < 1.29 is 9.63 Å². The van der Waals surface area contributed by atoms with Crippen LogP contribution in [0.2, 0.25) is 0 Å². The number of allylic oxidation sites excluding steroid dienone is 1. The molecule has 0 unspecified atom stereocenters. The molecule has 3 heteroatoms. The molecule has 12 heavy (non-hydrogen) atoms. The maximum Gasteiger partial charge on any atom is 0.270 e. The van der Waals surface area contributed by atoms with Crippen molar-refractivity contribution in [2.24, 2.45) is 0 Å². The van der Waals surface area contributed by atoms with Crippen LogP contribution >= 0.6 is 0 Å². The summed E-state index contributed by atoms with van der Waals surface area (Å²) in [6.07, 6.45) is 1.74. The van der Waals surface area contributed by atoms with Crippen molar-refractivity contribution in [1.29, 1.82) is 0 Å². The third kappa shape index (κ3) is 4.91. The van der Waals surface area contributed by atoms with E-state index in [1.165, 1.54) is 0 Å². The third-order valence-corrected chi connectivity index (χ3v) is 1.24. The molecule has 1 N–H and O–H groups in total. The highest BCUT2D eigenvalue weighted by molar-refractivity contribution is 5.91. The largest absolute Gasteiger partial charge is 0.270 e. The number of carbonyl (C=O) groups is 1. The molecule has 0 aromatic carbocycles. The molecule has 70 valence electrons. The number of carbonyl (C=O) groups excluding carboxylic acids is 1. The fourth-order valence-electron chi connectivity index (χ4n) is 0.411. The van der Waals surface area contributed by atoms with E-state index in [4.69, 9.17) is 4.84 Å². The average molecular weight is 171 g/mol. The van der Waals surface area contributed by atoms with Gasteiger partial charge in [0, 0.05) is 5.57 Å². The zero-order valence-corrected chi connectivity index (χ0v) is 8.39. The smallest absolute Gasteiger partial charge is 0.268 e. The van der Waals surface area contributed by atoms with Crippen LogP contribution in [0.3, 0.4) is 0 Å². The van der Waals surface area contributed by atoms with Crippen LogP contribution in [0.15, 0.2) is 11.6 Å². The van der Waals surface area contributed by atoms with Gasteiger partial charge in [-0.25, -0.2) is 5.48 Å². The van der Waals surface area contributed by atoms with Crippen LogP contribution in [0.5, 0.6) is 0 Å². The standard InChI is InChI=1S/C9H17NO2/c1-6-7(2)8(11)10-12-9(3,4)5/h6H,1-5H3,(H,10,11)/b7-6-. The number of hydroxylamine groups is 1. The Morgan fingerprint density at radius 1 is 1.42 bits per heavy atom. The Kier molecular flexibility index (Phi) is 3.96. The van der Waals surface area contributed by atoms with Crippen LogP contribution in [-0.2, 0) is 9.63 Å². The number of amides is 1. The SMILES string of the molecule is C/C=C(/C)C(=O)NOC(C)(C)C. The highest BCUT2D eigenvalue weighted by Crippen LogP contribution is 2.04. The summed E-state index contributed by atoms with van der Waals surface area (Å²) in [6, 6.07) is 0. The summed E-state index contributed by atoms with van der Waals surface area (Å²) in [4.78, 5) is 16.2. The van der Waals surface area contributed by atoms with Gasteiger partial charge in [-0.05, 0) is 34.6 Å². The van der Waals surface area contributed by atoms with Crippen molar-refractivity contribution in [3.8, 4) is 0 Å². The lowest BCUT2D eigenvalue weighted by atomic mass is 10.2. The molecule has 0 rings (SSSR count). The zero-order chi connectivity index (χ0) is 9.78. The van der Waals surface area contributed by atoms with E-state index in [2.05, 4.69) is 5.48 Å². The second kappa shape index (κ2) is 4.26. The van der Waals surface area contributed by atoms with Gasteiger partial charge in [-0.3, -0.25) is 9.63 Å². The van der Waals surface area contributed by atoms with Gasteiger partial charge in [0.05, 0.1) is 5.60 Å². The van der Waals surface area contributed by atoms with Gasteiger partial charge in [-0.2, -0.15) is 0 Å². The molecular weight excluding hydrogens is 154 g/mol. The van der Waals surface area contributed by atoms with E-state index in [1.807, 2.05) is 27.7 Å². The van der Waals surface area contributed by atoms with Gasteiger partial charge in [0.2, 0.25) is 0 Å². The summed E-state index contributed by atoms with van der Waals surface area (Å²) in [7, 11) is 0. The molecule has 0 fully saturated rings. The van der Waals surface area contributed by atoms with Crippen molar-refractivity contribution in [2.75, 3.05) is 0 Å². The molecular formula is C9H17NO2. The van der Waals surface area contributed by atoms with Crippen LogP contribution < -0.4 is 5.48 Å². The van der Waals surface area contributed by atoms with E-state index >= 15 is 0 Å². The van der Waals surface area contributed by atoms with Gasteiger partial charge in [0.25, 0.3) is 5.91 Å². The molecule has 0 saturated heterocycles. The first-order valence-electron chi connectivity index (χ1n) is 3.98. The first-order chi connectivity index (χ1) is 5.37. The fraction of sp³-hybridized carbons (Fsp3) is 0.667. The normalized spacial score (nSPS) is 12.9. The first-order valence-corrected chi connectivity index (χ1v) is 3.98. The Balaban J connectivity index is 3.89. The minimum atomic E-state index is -0.344. The number of hydrogen-bond donors (Lipinski definition) is 1. The summed E-state index contributed by atoms with van der Waals surface area (Å²) >= 11 is 0. The van der Waals surface area contributed by atoms with Crippen molar-refractivity contribution in [2.45, 2.75) is 40.2 Å². The molecule has 0 aromatic rings. The lowest BCUT2D eigenvalue weighted by Gasteiger charge is -2.18. The summed E-state index contributed by atoms with van der Waals surface area (Å²) in [6.45, 7) is 9.17. The first kappa shape index (κ1) is 11.2. The molecule has 0 radical (unpaired) electrons. The van der Waals surface area contributed by atoms with E-state index in [0.717, 1.165) is 0 Å². The Bertz CT molecular complexity index is 189. The predicted molar refractivity (Wildman–Crippen MR) is 48.4 cm³/mol. The minimum absolute atomic E-state index is 0.188. The summed E-state index contributed by atoms with van der Waals surface area (Å²) in [5.41, 5.74) is 2.67. The number of rotatable bonds is 2. The maximum atomic E-state index is 11.1. The molecule has 0 aliphatic rings. The highest BCUT2D eigenvalue weighted by Gasteiger charge is 2.12. The van der Waals surface area contributed by atoms with Crippen molar-refractivity contribution in [3.63, 3.8) is 0 Å². The van der Waals surface area contributed by atoms with Crippen LogP contribution in [0.4, 0.5) is 0 Å². The molecule has 0 spiro atoms. The molecule has 0 atom stereocenters. The Morgan fingerprint density at radius 2 is 1.92 bits per heavy atom. The van der Waals surface area contributed by atoms with E-state index in [0.29, 0.717) is 5.57 Å². The van der Waals surface area contributed by atoms with Gasteiger partial charge in [0.15, 0.2) is 0 Å². The monoisotopic (exact) mass is 171 g/mol. The molecule has 1 amide bonds. The lowest BCUT2D eigenvalue weighted by Crippen LogP contribution is -2.33.